The molecule has 0 saturated carbocycles. The number of ether oxygens (including phenoxy) is 1. The molecule has 162 valence electrons. The summed E-state index contributed by atoms with van der Waals surface area (Å²) in [7, 11) is -2.10. The van der Waals surface area contributed by atoms with Crippen molar-refractivity contribution in [2.45, 2.75) is 17.7 Å². The van der Waals surface area contributed by atoms with Crippen LogP contribution in [0.2, 0.25) is 0 Å². The van der Waals surface area contributed by atoms with Gasteiger partial charge >= 0.3 is 0 Å². The summed E-state index contributed by atoms with van der Waals surface area (Å²) in [6.07, 6.45) is 0.834. The number of methoxy groups -OCH3 is 1. The van der Waals surface area contributed by atoms with Crippen molar-refractivity contribution in [1.82, 2.24) is 4.31 Å². The van der Waals surface area contributed by atoms with Gasteiger partial charge < -0.3 is 10.1 Å². The molecule has 3 aromatic carbocycles. The molecule has 0 bridgehead atoms. The van der Waals surface area contributed by atoms with Crippen molar-refractivity contribution in [3.05, 3.63) is 66.5 Å². The van der Waals surface area contributed by atoms with Crippen LogP contribution in [0.4, 0.5) is 10.1 Å². The highest BCUT2D eigenvalue weighted by atomic mass is 32.2. The number of nitrogens with zero attached hydrogens (tertiary/aromatic N) is 1. The third-order valence-corrected chi connectivity index (χ3v) is 7.55. The van der Waals surface area contributed by atoms with E-state index in [1.807, 2.05) is 36.4 Å². The van der Waals surface area contributed by atoms with Crippen LogP contribution in [-0.2, 0) is 14.8 Å². The van der Waals surface area contributed by atoms with Gasteiger partial charge in [0.1, 0.15) is 11.6 Å². The van der Waals surface area contributed by atoms with Gasteiger partial charge in [-0.25, -0.2) is 12.8 Å². The predicted octanol–water partition coefficient (Wildman–Crippen LogP) is 4.03. The quantitative estimate of drug-likeness (QED) is 0.647. The van der Waals surface area contributed by atoms with Crippen LogP contribution in [0.1, 0.15) is 12.8 Å². The molecule has 8 heteroatoms. The second kappa shape index (κ2) is 8.64. The number of nitrogens with one attached hydrogen (secondary N) is 1. The maximum atomic E-state index is 13.1. The smallest absolute Gasteiger partial charge is 0.243 e. The molecular formula is C23H23FN2O4S. The average Bonchev–Trinajstić information content (AvgIpc) is 2.79. The molecule has 1 aliphatic rings. The van der Waals surface area contributed by atoms with Crippen molar-refractivity contribution in [2.24, 2.45) is 5.92 Å². The fourth-order valence-corrected chi connectivity index (χ4v) is 5.38. The van der Waals surface area contributed by atoms with Gasteiger partial charge in [0.15, 0.2) is 0 Å². The lowest BCUT2D eigenvalue weighted by Gasteiger charge is -2.30. The minimum absolute atomic E-state index is 0.0569. The molecule has 0 aliphatic carbocycles. The maximum absolute atomic E-state index is 13.1. The van der Waals surface area contributed by atoms with E-state index in [0.717, 1.165) is 28.7 Å². The minimum Gasteiger partial charge on any atom is -0.496 e. The number of carbonyl (C=O) groups excluding carboxylic acids is 1. The van der Waals surface area contributed by atoms with E-state index in [1.165, 1.54) is 16.4 Å². The number of hydrogen-bond donors (Lipinski definition) is 1. The van der Waals surface area contributed by atoms with Crippen LogP contribution >= 0.6 is 0 Å². The molecule has 0 spiro atoms. The van der Waals surface area contributed by atoms with Gasteiger partial charge in [-0.2, -0.15) is 4.31 Å². The van der Waals surface area contributed by atoms with Gasteiger partial charge in [0, 0.05) is 35.5 Å². The van der Waals surface area contributed by atoms with E-state index in [1.54, 1.807) is 7.11 Å². The summed E-state index contributed by atoms with van der Waals surface area (Å²) < 4.78 is 45.4. The monoisotopic (exact) mass is 442 g/mol. The largest absolute Gasteiger partial charge is 0.496 e. The summed E-state index contributed by atoms with van der Waals surface area (Å²) in [4.78, 5) is 12.9. The second-order valence-corrected chi connectivity index (χ2v) is 9.42. The third-order valence-electron chi connectivity index (χ3n) is 5.64. The second-order valence-electron chi connectivity index (χ2n) is 7.48. The number of hydrogen-bond acceptors (Lipinski definition) is 4. The summed E-state index contributed by atoms with van der Waals surface area (Å²) >= 11 is 0. The van der Waals surface area contributed by atoms with E-state index >= 15 is 0 Å². The Labute approximate surface area is 180 Å². The number of carbonyl (C=O) groups is 1. The summed E-state index contributed by atoms with van der Waals surface area (Å²) in [5.41, 5.74) is 0.697. The number of benzene rings is 3. The van der Waals surface area contributed by atoms with Gasteiger partial charge in [-0.1, -0.05) is 24.3 Å². The Balaban J connectivity index is 1.44. The number of fused-ring (bicyclic) bond motifs is 1. The Morgan fingerprint density at radius 3 is 2.29 bits per heavy atom. The van der Waals surface area contributed by atoms with Crippen molar-refractivity contribution in [2.75, 3.05) is 25.5 Å². The molecule has 6 nitrogen and oxygen atoms in total. The highest BCUT2D eigenvalue weighted by Crippen LogP contribution is 2.32. The molecule has 1 fully saturated rings. The standard InChI is InChI=1S/C23H23FN2O4S/c1-30-22-11-10-21(19-4-2-3-5-20(19)22)25-23(27)16-12-14-26(15-13-16)31(28,29)18-8-6-17(24)7-9-18/h2-11,16H,12-15H2,1H3,(H,25,27). The first-order valence-electron chi connectivity index (χ1n) is 10.0. The van der Waals surface area contributed by atoms with E-state index in [9.17, 15) is 17.6 Å². The predicted molar refractivity (Wildman–Crippen MR) is 117 cm³/mol. The van der Waals surface area contributed by atoms with Crippen molar-refractivity contribution in [3.8, 4) is 5.75 Å². The zero-order valence-electron chi connectivity index (χ0n) is 17.0. The minimum atomic E-state index is -3.70. The lowest BCUT2D eigenvalue weighted by Crippen LogP contribution is -2.41. The van der Waals surface area contributed by atoms with Crippen LogP contribution in [0.15, 0.2) is 65.6 Å². The first-order valence-corrected chi connectivity index (χ1v) is 11.5. The number of halogens is 1. The summed E-state index contributed by atoms with van der Waals surface area (Å²) in [5, 5.41) is 4.78. The summed E-state index contributed by atoms with van der Waals surface area (Å²) in [6.45, 7) is 0.475. The molecule has 1 heterocycles. The van der Waals surface area contributed by atoms with Crippen molar-refractivity contribution in [3.63, 3.8) is 0 Å². The van der Waals surface area contributed by atoms with Gasteiger partial charge in [-0.05, 0) is 49.2 Å². The van der Waals surface area contributed by atoms with Crippen LogP contribution in [0, 0.1) is 11.7 Å². The SMILES string of the molecule is COc1ccc(NC(=O)C2CCN(S(=O)(=O)c3ccc(F)cc3)CC2)c2ccccc12. The zero-order valence-corrected chi connectivity index (χ0v) is 17.9. The molecule has 1 saturated heterocycles. The average molecular weight is 443 g/mol. The van der Waals surface area contributed by atoms with Crippen LogP contribution in [0.25, 0.3) is 10.8 Å². The summed E-state index contributed by atoms with van der Waals surface area (Å²) in [6, 6.07) is 16.1. The Morgan fingerprint density at radius 2 is 1.65 bits per heavy atom. The van der Waals surface area contributed by atoms with Gasteiger partial charge in [-0.15, -0.1) is 0 Å². The number of rotatable bonds is 5. The van der Waals surface area contributed by atoms with E-state index in [-0.39, 0.29) is 29.8 Å². The fourth-order valence-electron chi connectivity index (χ4n) is 3.91. The lowest BCUT2D eigenvalue weighted by molar-refractivity contribution is -0.120. The number of anilines is 1. The molecule has 1 amide bonds. The highest BCUT2D eigenvalue weighted by molar-refractivity contribution is 7.89. The van der Waals surface area contributed by atoms with Crippen molar-refractivity contribution < 1.29 is 22.3 Å². The topological polar surface area (TPSA) is 75.7 Å². The molecule has 4 rings (SSSR count). The van der Waals surface area contributed by atoms with Crippen LogP contribution in [0.5, 0.6) is 5.75 Å². The van der Waals surface area contributed by atoms with Crippen LogP contribution in [-0.4, -0.2) is 38.8 Å². The zero-order chi connectivity index (χ0) is 22.0. The van der Waals surface area contributed by atoms with Gasteiger partial charge in [0.2, 0.25) is 15.9 Å². The maximum Gasteiger partial charge on any atom is 0.243 e. The molecule has 3 aromatic rings. The highest BCUT2D eigenvalue weighted by Gasteiger charge is 2.32. The van der Waals surface area contributed by atoms with Crippen molar-refractivity contribution >= 4 is 32.4 Å². The van der Waals surface area contributed by atoms with E-state index in [2.05, 4.69) is 5.32 Å². The molecule has 0 aromatic heterocycles. The molecule has 31 heavy (non-hydrogen) atoms. The van der Waals surface area contributed by atoms with Gasteiger partial charge in [0.25, 0.3) is 0 Å². The fraction of sp³-hybridized carbons (Fsp3) is 0.261. The molecule has 0 radical (unpaired) electrons. The summed E-state index contributed by atoms with van der Waals surface area (Å²) in [5.74, 6) is -0.178. The lowest BCUT2D eigenvalue weighted by atomic mass is 9.97. The normalized spacial score (nSPS) is 15.7. The Morgan fingerprint density at radius 1 is 1.00 bits per heavy atom. The van der Waals surface area contributed by atoms with Crippen LogP contribution in [0.3, 0.4) is 0 Å². The third kappa shape index (κ3) is 4.26. The van der Waals surface area contributed by atoms with E-state index in [0.29, 0.717) is 18.5 Å². The first kappa shape index (κ1) is 21.3. The van der Waals surface area contributed by atoms with Gasteiger partial charge in [-0.3, -0.25) is 4.79 Å². The van der Waals surface area contributed by atoms with Crippen LogP contribution < -0.4 is 10.1 Å². The van der Waals surface area contributed by atoms with E-state index in [4.69, 9.17) is 4.74 Å². The molecule has 1 N–H and O–H groups in total. The molecule has 1 aliphatic heterocycles. The number of sulfonamides is 1. The Hall–Kier alpha value is -2.97. The first-order chi connectivity index (χ1) is 14.9. The molecular weight excluding hydrogens is 419 g/mol. The number of amides is 1. The molecule has 0 atom stereocenters. The number of piperidine rings is 1. The van der Waals surface area contributed by atoms with E-state index < -0.39 is 15.8 Å². The molecule has 0 unspecified atom stereocenters. The Bertz CT molecular complexity index is 1200. The Kier molecular flexibility index (Phi) is 5.93. The van der Waals surface area contributed by atoms with Gasteiger partial charge in [0.05, 0.1) is 12.0 Å². The van der Waals surface area contributed by atoms with Crippen molar-refractivity contribution in [1.29, 1.82) is 0 Å².